The largest absolute Gasteiger partial charge is 0.493 e. The summed E-state index contributed by atoms with van der Waals surface area (Å²) in [6, 6.07) is 5.72. The van der Waals surface area contributed by atoms with Gasteiger partial charge in [0.1, 0.15) is 5.75 Å². The zero-order valence-electron chi connectivity index (χ0n) is 9.57. The van der Waals surface area contributed by atoms with Crippen molar-refractivity contribution in [1.29, 1.82) is 0 Å². The fourth-order valence-corrected chi connectivity index (χ4v) is 2.15. The topological polar surface area (TPSA) is 29.5 Å². The molecule has 0 heterocycles. The van der Waals surface area contributed by atoms with E-state index in [1.807, 2.05) is 30.0 Å². The second-order valence-corrected chi connectivity index (χ2v) is 5.45. The van der Waals surface area contributed by atoms with Gasteiger partial charge in [-0.1, -0.05) is 15.9 Å². The summed E-state index contributed by atoms with van der Waals surface area (Å²) < 4.78 is 6.62. The van der Waals surface area contributed by atoms with Crippen LogP contribution in [0.3, 0.4) is 0 Å². The summed E-state index contributed by atoms with van der Waals surface area (Å²) in [6.45, 7) is 2.44. The van der Waals surface area contributed by atoms with Gasteiger partial charge in [-0.3, -0.25) is 0 Å². The molecule has 16 heavy (non-hydrogen) atoms. The van der Waals surface area contributed by atoms with E-state index in [1.165, 1.54) is 0 Å². The highest BCUT2D eigenvalue weighted by molar-refractivity contribution is 9.10. The van der Waals surface area contributed by atoms with E-state index in [9.17, 15) is 5.11 Å². The van der Waals surface area contributed by atoms with Gasteiger partial charge in [0.25, 0.3) is 0 Å². The zero-order chi connectivity index (χ0) is 12.0. The smallest absolute Gasteiger partial charge is 0.125 e. The molecule has 90 valence electrons. The molecule has 0 fully saturated rings. The third-order valence-corrected chi connectivity index (χ3v) is 3.36. The van der Waals surface area contributed by atoms with Crippen LogP contribution in [-0.4, -0.2) is 23.7 Å². The number of aliphatic hydroxyl groups is 1. The maximum Gasteiger partial charge on any atom is 0.125 e. The third kappa shape index (κ3) is 4.36. The Morgan fingerprint density at radius 2 is 2.25 bits per heavy atom. The van der Waals surface area contributed by atoms with Crippen LogP contribution in [-0.2, 0) is 0 Å². The third-order valence-electron chi connectivity index (χ3n) is 2.17. The maximum atomic E-state index is 9.63. The molecule has 0 aliphatic heterocycles. The summed E-state index contributed by atoms with van der Waals surface area (Å²) in [5, 5.41) is 9.63. The van der Waals surface area contributed by atoms with Crippen molar-refractivity contribution in [3.63, 3.8) is 0 Å². The van der Waals surface area contributed by atoms with E-state index in [4.69, 9.17) is 4.74 Å². The molecule has 0 aliphatic carbocycles. The lowest BCUT2D eigenvalue weighted by Crippen LogP contribution is -2.03. The van der Waals surface area contributed by atoms with Gasteiger partial charge in [-0.05, 0) is 43.6 Å². The molecule has 0 saturated heterocycles. The Labute approximate surface area is 110 Å². The first-order valence-electron chi connectivity index (χ1n) is 5.24. The Bertz CT molecular complexity index is 329. The quantitative estimate of drug-likeness (QED) is 0.814. The van der Waals surface area contributed by atoms with Gasteiger partial charge >= 0.3 is 0 Å². The molecule has 0 aliphatic rings. The van der Waals surface area contributed by atoms with Crippen molar-refractivity contribution in [3.8, 4) is 5.75 Å². The van der Waals surface area contributed by atoms with Gasteiger partial charge in [-0.25, -0.2) is 0 Å². The minimum Gasteiger partial charge on any atom is -0.493 e. The number of halogens is 1. The van der Waals surface area contributed by atoms with Crippen molar-refractivity contribution in [2.45, 2.75) is 19.4 Å². The number of hydrogen-bond acceptors (Lipinski definition) is 3. The molecule has 1 aromatic carbocycles. The number of thioether (sulfide) groups is 1. The Hall–Kier alpha value is -0.190. The fraction of sp³-hybridized carbons (Fsp3) is 0.500. The van der Waals surface area contributed by atoms with E-state index in [1.54, 1.807) is 6.92 Å². The van der Waals surface area contributed by atoms with Crippen LogP contribution in [0.1, 0.15) is 25.0 Å². The van der Waals surface area contributed by atoms with Crippen LogP contribution < -0.4 is 4.74 Å². The lowest BCUT2D eigenvalue weighted by molar-refractivity contribution is 0.191. The highest BCUT2D eigenvalue weighted by atomic mass is 79.9. The van der Waals surface area contributed by atoms with Gasteiger partial charge < -0.3 is 9.84 Å². The predicted molar refractivity (Wildman–Crippen MR) is 73.3 cm³/mol. The molecule has 0 bridgehead atoms. The van der Waals surface area contributed by atoms with Crippen molar-refractivity contribution in [2.24, 2.45) is 0 Å². The van der Waals surface area contributed by atoms with Crippen molar-refractivity contribution in [2.75, 3.05) is 18.6 Å². The Morgan fingerprint density at radius 3 is 2.88 bits per heavy atom. The molecule has 0 saturated carbocycles. The monoisotopic (exact) mass is 304 g/mol. The molecule has 1 N–H and O–H groups in total. The first kappa shape index (κ1) is 13.9. The number of ether oxygens (including phenoxy) is 1. The van der Waals surface area contributed by atoms with Crippen molar-refractivity contribution < 1.29 is 9.84 Å². The molecular formula is C12H17BrO2S. The molecule has 1 rings (SSSR count). The number of rotatable bonds is 6. The number of benzene rings is 1. The summed E-state index contributed by atoms with van der Waals surface area (Å²) in [6.07, 6.45) is 2.60. The van der Waals surface area contributed by atoms with E-state index < -0.39 is 6.10 Å². The van der Waals surface area contributed by atoms with Crippen LogP contribution in [0, 0.1) is 0 Å². The zero-order valence-corrected chi connectivity index (χ0v) is 12.0. The summed E-state index contributed by atoms with van der Waals surface area (Å²) in [5.74, 6) is 1.87. The van der Waals surface area contributed by atoms with Crippen LogP contribution in [0.25, 0.3) is 0 Å². The molecule has 0 aromatic heterocycles. The van der Waals surface area contributed by atoms with Gasteiger partial charge in [-0.15, -0.1) is 0 Å². The molecule has 1 atom stereocenters. The molecule has 2 nitrogen and oxygen atoms in total. The molecule has 4 heteroatoms. The van der Waals surface area contributed by atoms with Gasteiger partial charge in [0.2, 0.25) is 0 Å². The average Bonchev–Trinajstić information content (AvgIpc) is 2.26. The molecular weight excluding hydrogens is 288 g/mol. The SMILES string of the molecule is CSCCCOc1ccc(Br)cc1C(C)O. The van der Waals surface area contributed by atoms with Crippen molar-refractivity contribution >= 4 is 27.7 Å². The average molecular weight is 305 g/mol. The Morgan fingerprint density at radius 1 is 1.50 bits per heavy atom. The fourth-order valence-electron chi connectivity index (χ4n) is 1.36. The molecule has 1 unspecified atom stereocenters. The lowest BCUT2D eigenvalue weighted by atomic mass is 10.1. The minimum atomic E-state index is -0.506. The Balaban J connectivity index is 2.64. The van der Waals surface area contributed by atoms with E-state index in [-0.39, 0.29) is 0 Å². The van der Waals surface area contributed by atoms with Gasteiger partial charge in [0.15, 0.2) is 0 Å². The second kappa shape index (κ2) is 7.20. The van der Waals surface area contributed by atoms with Crippen LogP contribution >= 0.6 is 27.7 Å². The van der Waals surface area contributed by atoms with Crippen LogP contribution in [0.5, 0.6) is 5.75 Å². The summed E-state index contributed by atoms with van der Waals surface area (Å²) in [7, 11) is 0. The van der Waals surface area contributed by atoms with Crippen LogP contribution in [0.15, 0.2) is 22.7 Å². The van der Waals surface area contributed by atoms with E-state index in [0.717, 1.165) is 28.0 Å². The minimum absolute atomic E-state index is 0.506. The first-order valence-corrected chi connectivity index (χ1v) is 7.43. The number of hydrogen-bond donors (Lipinski definition) is 1. The molecule has 0 amide bonds. The van der Waals surface area contributed by atoms with Gasteiger partial charge in [0.05, 0.1) is 12.7 Å². The van der Waals surface area contributed by atoms with Crippen LogP contribution in [0.2, 0.25) is 0 Å². The highest BCUT2D eigenvalue weighted by Crippen LogP contribution is 2.28. The van der Waals surface area contributed by atoms with Gasteiger partial charge in [0, 0.05) is 10.0 Å². The Kier molecular flexibility index (Phi) is 6.24. The highest BCUT2D eigenvalue weighted by Gasteiger charge is 2.09. The lowest BCUT2D eigenvalue weighted by Gasteiger charge is -2.13. The number of aliphatic hydroxyl groups excluding tert-OH is 1. The van der Waals surface area contributed by atoms with Gasteiger partial charge in [-0.2, -0.15) is 11.8 Å². The van der Waals surface area contributed by atoms with Crippen molar-refractivity contribution in [3.05, 3.63) is 28.2 Å². The van der Waals surface area contributed by atoms with E-state index in [2.05, 4.69) is 22.2 Å². The molecule has 0 radical (unpaired) electrons. The second-order valence-electron chi connectivity index (χ2n) is 3.55. The van der Waals surface area contributed by atoms with E-state index >= 15 is 0 Å². The predicted octanol–water partition coefficient (Wildman–Crippen LogP) is 3.63. The maximum absolute atomic E-state index is 9.63. The standard InChI is InChI=1S/C12H17BrO2S/c1-9(14)11-8-10(13)4-5-12(11)15-6-3-7-16-2/h4-5,8-9,14H,3,6-7H2,1-2H3. The van der Waals surface area contributed by atoms with Crippen molar-refractivity contribution in [1.82, 2.24) is 0 Å². The van der Waals surface area contributed by atoms with Crippen LogP contribution in [0.4, 0.5) is 0 Å². The molecule has 0 spiro atoms. The summed E-state index contributed by atoms with van der Waals surface area (Å²) >= 11 is 5.20. The summed E-state index contributed by atoms with van der Waals surface area (Å²) in [5.41, 5.74) is 0.832. The van der Waals surface area contributed by atoms with E-state index in [0.29, 0.717) is 6.61 Å². The first-order chi connectivity index (χ1) is 7.65. The molecule has 1 aromatic rings. The summed E-state index contributed by atoms with van der Waals surface area (Å²) in [4.78, 5) is 0. The normalized spacial score (nSPS) is 12.5.